The summed E-state index contributed by atoms with van der Waals surface area (Å²) >= 11 is 1.18. The van der Waals surface area contributed by atoms with E-state index in [2.05, 4.69) is 10.3 Å². The molecule has 0 saturated heterocycles. The van der Waals surface area contributed by atoms with E-state index in [9.17, 15) is 18.3 Å². The van der Waals surface area contributed by atoms with Crippen LogP contribution in [0.25, 0.3) is 0 Å². The highest BCUT2D eigenvalue weighted by Crippen LogP contribution is 2.32. The van der Waals surface area contributed by atoms with Crippen LogP contribution in [0, 0.1) is 6.92 Å². The van der Waals surface area contributed by atoms with Gasteiger partial charge in [-0.25, -0.2) is 13.4 Å². The van der Waals surface area contributed by atoms with Gasteiger partial charge >= 0.3 is 0 Å². The van der Waals surface area contributed by atoms with Crippen LogP contribution in [-0.2, 0) is 9.84 Å². The van der Waals surface area contributed by atoms with E-state index in [1.807, 2.05) is 31.2 Å². The Labute approximate surface area is 224 Å². The highest BCUT2D eigenvalue weighted by atomic mass is 32.2. The summed E-state index contributed by atoms with van der Waals surface area (Å²) in [5, 5.41) is 13.0. The van der Waals surface area contributed by atoms with E-state index in [4.69, 9.17) is 14.2 Å². The Kier molecular flexibility index (Phi) is 8.30. The van der Waals surface area contributed by atoms with Crippen molar-refractivity contribution in [1.29, 1.82) is 0 Å². The molecule has 0 aliphatic rings. The number of sulfone groups is 1. The van der Waals surface area contributed by atoms with Crippen LogP contribution in [0.2, 0.25) is 0 Å². The van der Waals surface area contributed by atoms with Crippen LogP contribution in [0.1, 0.15) is 22.8 Å². The SMILES string of the molecule is Cc1cccc(Oc2cnc(NC(=O)c3cc(Oc4ccc(S(C)(=O)=O)cc4)cc(O[C@@H](C)CO)c3)s2)c1. The maximum Gasteiger partial charge on any atom is 0.257 e. The van der Waals surface area contributed by atoms with E-state index < -0.39 is 21.8 Å². The number of thiazole rings is 1. The van der Waals surface area contributed by atoms with Crippen molar-refractivity contribution in [3.8, 4) is 28.1 Å². The normalized spacial score (nSPS) is 12.0. The van der Waals surface area contributed by atoms with Crippen LogP contribution in [0.3, 0.4) is 0 Å². The molecule has 0 fully saturated rings. The van der Waals surface area contributed by atoms with Crippen molar-refractivity contribution in [2.24, 2.45) is 0 Å². The number of benzene rings is 3. The van der Waals surface area contributed by atoms with Gasteiger partial charge in [0.15, 0.2) is 15.0 Å². The van der Waals surface area contributed by atoms with E-state index in [0.29, 0.717) is 27.4 Å². The van der Waals surface area contributed by atoms with Gasteiger partial charge in [-0.15, -0.1) is 0 Å². The molecule has 3 aromatic carbocycles. The fraction of sp³-hybridized carbons (Fsp3) is 0.185. The number of aromatic nitrogens is 1. The molecule has 198 valence electrons. The number of nitrogens with zero attached hydrogens (tertiary/aromatic N) is 1. The number of amides is 1. The smallest absolute Gasteiger partial charge is 0.257 e. The van der Waals surface area contributed by atoms with Gasteiger partial charge in [0.05, 0.1) is 17.7 Å². The maximum absolute atomic E-state index is 13.1. The second kappa shape index (κ2) is 11.6. The number of ether oxygens (including phenoxy) is 3. The zero-order valence-electron chi connectivity index (χ0n) is 20.9. The summed E-state index contributed by atoms with van der Waals surface area (Å²) in [5.74, 6) is 1.17. The molecule has 4 aromatic rings. The standard InChI is InChI=1S/C27H26N2O7S2/c1-17-5-4-6-21(11-17)36-25-15-28-27(37-25)29-26(31)19-12-22(34-18(2)16-30)14-23(13-19)35-20-7-9-24(10-8-20)38(3,32)33/h4-15,18,30H,16H2,1-3H3,(H,28,29,31)/t18-/m0/s1. The fourth-order valence-electron chi connectivity index (χ4n) is 3.32. The number of aliphatic hydroxyl groups excluding tert-OH is 1. The van der Waals surface area contributed by atoms with Crippen LogP contribution >= 0.6 is 11.3 Å². The number of nitrogens with one attached hydrogen (secondary N) is 1. The third kappa shape index (κ3) is 7.31. The maximum atomic E-state index is 13.1. The molecule has 0 radical (unpaired) electrons. The van der Waals surface area contributed by atoms with Gasteiger partial charge in [-0.05, 0) is 67.9 Å². The molecule has 9 nitrogen and oxygen atoms in total. The predicted molar refractivity (Wildman–Crippen MR) is 145 cm³/mol. The van der Waals surface area contributed by atoms with Crippen molar-refractivity contribution in [1.82, 2.24) is 4.98 Å². The summed E-state index contributed by atoms with van der Waals surface area (Å²) in [7, 11) is -3.35. The van der Waals surface area contributed by atoms with Crippen LogP contribution in [0.5, 0.6) is 28.1 Å². The lowest BCUT2D eigenvalue weighted by Crippen LogP contribution is -2.17. The van der Waals surface area contributed by atoms with Gasteiger partial charge in [0.1, 0.15) is 29.1 Å². The van der Waals surface area contributed by atoms with Crippen molar-refractivity contribution >= 4 is 32.2 Å². The van der Waals surface area contributed by atoms with Gasteiger partial charge in [0.2, 0.25) is 5.06 Å². The Hall–Kier alpha value is -3.93. The zero-order chi connectivity index (χ0) is 27.3. The first-order valence-electron chi connectivity index (χ1n) is 11.5. The van der Waals surface area contributed by atoms with Gasteiger partial charge in [0.25, 0.3) is 5.91 Å². The molecule has 2 N–H and O–H groups in total. The third-order valence-electron chi connectivity index (χ3n) is 5.14. The van der Waals surface area contributed by atoms with E-state index in [1.54, 1.807) is 13.0 Å². The van der Waals surface area contributed by atoms with Crippen molar-refractivity contribution in [2.45, 2.75) is 24.8 Å². The molecule has 0 unspecified atom stereocenters. The number of anilines is 1. The minimum absolute atomic E-state index is 0.160. The summed E-state index contributed by atoms with van der Waals surface area (Å²) in [6.07, 6.45) is 2.13. The number of rotatable bonds is 10. The van der Waals surface area contributed by atoms with Crippen molar-refractivity contribution in [2.75, 3.05) is 18.2 Å². The molecular formula is C27H26N2O7S2. The van der Waals surface area contributed by atoms with Crippen LogP contribution in [0.15, 0.2) is 77.8 Å². The monoisotopic (exact) mass is 554 g/mol. The van der Waals surface area contributed by atoms with Gasteiger partial charge < -0.3 is 19.3 Å². The summed E-state index contributed by atoms with van der Waals surface area (Å²) in [4.78, 5) is 17.5. The van der Waals surface area contributed by atoms with E-state index in [0.717, 1.165) is 11.8 Å². The van der Waals surface area contributed by atoms with Crippen LogP contribution in [-0.4, -0.2) is 43.4 Å². The Morgan fingerprint density at radius 1 is 1.00 bits per heavy atom. The summed E-state index contributed by atoms with van der Waals surface area (Å²) in [5.41, 5.74) is 1.29. The molecule has 0 aliphatic carbocycles. The molecule has 1 atom stereocenters. The van der Waals surface area contributed by atoms with Crippen LogP contribution < -0.4 is 19.5 Å². The zero-order valence-corrected chi connectivity index (χ0v) is 22.5. The fourth-order valence-corrected chi connectivity index (χ4v) is 4.63. The highest BCUT2D eigenvalue weighted by molar-refractivity contribution is 7.90. The number of aliphatic hydroxyl groups is 1. The first-order chi connectivity index (χ1) is 18.1. The third-order valence-corrected chi connectivity index (χ3v) is 7.06. The van der Waals surface area contributed by atoms with Gasteiger partial charge in [-0.2, -0.15) is 0 Å². The second-order valence-electron chi connectivity index (χ2n) is 8.51. The van der Waals surface area contributed by atoms with Crippen molar-refractivity contribution in [3.63, 3.8) is 0 Å². The summed E-state index contributed by atoms with van der Waals surface area (Å²) in [6.45, 7) is 3.43. The molecule has 4 rings (SSSR count). The van der Waals surface area contributed by atoms with E-state index in [1.165, 1.54) is 53.9 Å². The largest absolute Gasteiger partial charge is 0.488 e. The quantitative estimate of drug-likeness (QED) is 0.265. The summed E-state index contributed by atoms with van der Waals surface area (Å²) in [6, 6.07) is 18.1. The molecule has 0 aliphatic heterocycles. The Morgan fingerprint density at radius 3 is 2.42 bits per heavy atom. The number of hydrogen-bond donors (Lipinski definition) is 2. The lowest BCUT2D eigenvalue weighted by molar-refractivity contribution is 0.102. The number of carbonyl (C=O) groups excluding carboxylic acids is 1. The predicted octanol–water partition coefficient (Wildman–Crippen LogP) is 5.45. The molecule has 0 bridgehead atoms. The highest BCUT2D eigenvalue weighted by Gasteiger charge is 2.15. The Balaban J connectivity index is 1.53. The number of carbonyl (C=O) groups is 1. The average molecular weight is 555 g/mol. The molecule has 38 heavy (non-hydrogen) atoms. The van der Waals surface area contributed by atoms with Gasteiger partial charge in [-0.1, -0.05) is 23.5 Å². The van der Waals surface area contributed by atoms with E-state index >= 15 is 0 Å². The summed E-state index contributed by atoms with van der Waals surface area (Å²) < 4.78 is 40.8. The lowest BCUT2D eigenvalue weighted by atomic mass is 10.2. The molecule has 11 heteroatoms. The molecule has 1 amide bonds. The molecule has 1 aromatic heterocycles. The van der Waals surface area contributed by atoms with E-state index in [-0.39, 0.29) is 22.8 Å². The van der Waals surface area contributed by atoms with Crippen molar-refractivity contribution in [3.05, 3.63) is 84.1 Å². The molecular weight excluding hydrogens is 528 g/mol. The average Bonchev–Trinajstić information content (AvgIpc) is 3.30. The van der Waals surface area contributed by atoms with Crippen molar-refractivity contribution < 1.29 is 32.5 Å². The molecule has 1 heterocycles. The topological polar surface area (TPSA) is 124 Å². The minimum atomic E-state index is -3.35. The Morgan fingerprint density at radius 2 is 1.74 bits per heavy atom. The molecule has 0 saturated carbocycles. The second-order valence-corrected chi connectivity index (χ2v) is 11.5. The number of hydrogen-bond acceptors (Lipinski definition) is 9. The number of aryl methyl sites for hydroxylation is 1. The minimum Gasteiger partial charge on any atom is -0.488 e. The van der Waals surface area contributed by atoms with Crippen LogP contribution in [0.4, 0.5) is 5.13 Å². The first kappa shape index (κ1) is 27.1. The van der Waals surface area contributed by atoms with Gasteiger partial charge in [-0.3, -0.25) is 10.1 Å². The molecule has 0 spiro atoms. The first-order valence-corrected chi connectivity index (χ1v) is 14.2. The Bertz CT molecular complexity index is 1530. The lowest BCUT2D eigenvalue weighted by Gasteiger charge is -2.15. The van der Waals surface area contributed by atoms with Gasteiger partial charge in [0, 0.05) is 17.9 Å².